The molecule has 1 aliphatic rings. The molecule has 1 aliphatic heterocycles. The molecule has 0 aliphatic carbocycles. The molecule has 6 nitrogen and oxygen atoms in total. The zero-order valence-corrected chi connectivity index (χ0v) is 17.5. The Hall–Kier alpha value is -2.84. The second-order valence-electron chi connectivity index (χ2n) is 7.34. The lowest BCUT2D eigenvalue weighted by molar-refractivity contribution is -0.120. The van der Waals surface area contributed by atoms with Crippen LogP contribution in [-0.4, -0.2) is 58.8 Å². The van der Waals surface area contributed by atoms with E-state index < -0.39 is 0 Å². The second-order valence-corrected chi connectivity index (χ2v) is 8.37. The van der Waals surface area contributed by atoms with Crippen LogP contribution in [0, 0.1) is 5.82 Å². The number of fused-ring (bicyclic) bond motifs is 1. The summed E-state index contributed by atoms with van der Waals surface area (Å²) in [4.78, 5) is 33.8. The number of benzene rings is 2. The predicted octanol–water partition coefficient (Wildman–Crippen LogP) is 3.61. The molecule has 1 aromatic heterocycles. The second kappa shape index (κ2) is 8.89. The molecule has 2 heterocycles. The summed E-state index contributed by atoms with van der Waals surface area (Å²) >= 11 is 1.46. The first-order chi connectivity index (χ1) is 14.5. The van der Waals surface area contributed by atoms with Crippen molar-refractivity contribution >= 4 is 38.5 Å². The van der Waals surface area contributed by atoms with Gasteiger partial charge < -0.3 is 10.2 Å². The highest BCUT2D eigenvalue weighted by molar-refractivity contribution is 7.22. The predicted molar refractivity (Wildman–Crippen MR) is 116 cm³/mol. The van der Waals surface area contributed by atoms with E-state index in [2.05, 4.69) is 15.2 Å². The average molecular weight is 427 g/mol. The average Bonchev–Trinajstić information content (AvgIpc) is 2.99. The minimum absolute atomic E-state index is 0.104. The number of aromatic nitrogens is 1. The van der Waals surface area contributed by atoms with Crippen LogP contribution in [0.4, 0.5) is 9.52 Å². The Morgan fingerprint density at radius 1 is 1.07 bits per heavy atom. The third-order valence-corrected chi connectivity index (χ3v) is 6.31. The Morgan fingerprint density at radius 2 is 1.83 bits per heavy atom. The maximum Gasteiger partial charge on any atom is 0.253 e. The largest absolute Gasteiger partial charge is 0.337 e. The first kappa shape index (κ1) is 20.4. The van der Waals surface area contributed by atoms with Gasteiger partial charge in [0.2, 0.25) is 5.91 Å². The summed E-state index contributed by atoms with van der Waals surface area (Å²) in [5.74, 6) is -0.572. The fraction of sp³-hybridized carbons (Fsp3) is 0.318. The van der Waals surface area contributed by atoms with E-state index >= 15 is 0 Å². The molecule has 1 saturated heterocycles. The lowest BCUT2D eigenvalue weighted by Crippen LogP contribution is -2.44. The summed E-state index contributed by atoms with van der Waals surface area (Å²) in [7, 11) is 0. The number of rotatable bonds is 4. The minimum Gasteiger partial charge on any atom is -0.337 e. The number of anilines is 1. The molecule has 0 bridgehead atoms. The van der Waals surface area contributed by atoms with Gasteiger partial charge in [-0.25, -0.2) is 9.37 Å². The molecule has 0 spiro atoms. The van der Waals surface area contributed by atoms with Crippen molar-refractivity contribution in [2.75, 3.05) is 31.5 Å². The van der Waals surface area contributed by atoms with Crippen LogP contribution in [0.2, 0.25) is 0 Å². The van der Waals surface area contributed by atoms with E-state index in [9.17, 15) is 14.0 Å². The Bertz CT molecular complexity index is 1020. The van der Waals surface area contributed by atoms with Crippen molar-refractivity contribution in [1.82, 2.24) is 14.8 Å². The van der Waals surface area contributed by atoms with Gasteiger partial charge >= 0.3 is 0 Å². The van der Waals surface area contributed by atoms with Gasteiger partial charge in [-0.1, -0.05) is 23.5 Å². The quantitative estimate of drug-likeness (QED) is 0.692. The fourth-order valence-corrected chi connectivity index (χ4v) is 4.47. The molecule has 1 N–H and O–H groups in total. The topological polar surface area (TPSA) is 65.5 Å². The maximum atomic E-state index is 13.1. The third kappa shape index (κ3) is 4.49. The Morgan fingerprint density at radius 3 is 2.60 bits per heavy atom. The number of amides is 2. The molecule has 30 heavy (non-hydrogen) atoms. The van der Waals surface area contributed by atoms with E-state index in [-0.39, 0.29) is 23.7 Å². The summed E-state index contributed by atoms with van der Waals surface area (Å²) in [6.07, 6.45) is 0.770. The van der Waals surface area contributed by atoms with Crippen LogP contribution in [-0.2, 0) is 4.79 Å². The number of halogens is 1. The van der Waals surface area contributed by atoms with Gasteiger partial charge in [0.1, 0.15) is 5.82 Å². The highest BCUT2D eigenvalue weighted by Crippen LogP contribution is 2.25. The van der Waals surface area contributed by atoms with Crippen LogP contribution < -0.4 is 5.32 Å². The van der Waals surface area contributed by atoms with E-state index in [0.717, 1.165) is 23.2 Å². The first-order valence-corrected chi connectivity index (χ1v) is 10.8. The van der Waals surface area contributed by atoms with E-state index in [0.29, 0.717) is 30.3 Å². The molecule has 4 rings (SSSR count). The molecule has 2 aromatic carbocycles. The molecular weight excluding hydrogens is 403 g/mol. The SMILES string of the molecule is CC(C(=O)Nc1nc2ccccc2s1)N1CCCN(C(=O)c2ccc(F)cc2)CC1. The van der Waals surface area contributed by atoms with E-state index in [1.54, 1.807) is 4.90 Å². The Labute approximate surface area is 178 Å². The van der Waals surface area contributed by atoms with Crippen molar-refractivity contribution in [2.45, 2.75) is 19.4 Å². The van der Waals surface area contributed by atoms with Crippen LogP contribution in [0.15, 0.2) is 48.5 Å². The van der Waals surface area contributed by atoms with Crippen molar-refractivity contribution in [3.05, 3.63) is 59.9 Å². The minimum atomic E-state index is -0.360. The van der Waals surface area contributed by atoms with Crippen molar-refractivity contribution in [3.63, 3.8) is 0 Å². The molecule has 1 unspecified atom stereocenters. The third-order valence-electron chi connectivity index (χ3n) is 5.36. The number of nitrogens with one attached hydrogen (secondary N) is 1. The summed E-state index contributed by atoms with van der Waals surface area (Å²) in [5, 5.41) is 3.52. The van der Waals surface area contributed by atoms with Crippen LogP contribution in [0.5, 0.6) is 0 Å². The number of hydrogen-bond acceptors (Lipinski definition) is 5. The first-order valence-electron chi connectivity index (χ1n) is 9.96. The molecule has 3 aromatic rings. The van der Waals surface area contributed by atoms with Gasteiger partial charge in [-0.2, -0.15) is 0 Å². The van der Waals surface area contributed by atoms with Crippen LogP contribution >= 0.6 is 11.3 Å². The van der Waals surface area contributed by atoms with Gasteiger partial charge in [0, 0.05) is 31.7 Å². The normalized spacial score (nSPS) is 16.3. The van der Waals surface area contributed by atoms with Gasteiger partial charge in [-0.3, -0.25) is 14.5 Å². The number of carbonyl (C=O) groups excluding carboxylic acids is 2. The van der Waals surface area contributed by atoms with E-state index in [4.69, 9.17) is 0 Å². The van der Waals surface area contributed by atoms with Gasteiger partial charge in [0.05, 0.1) is 16.3 Å². The zero-order valence-electron chi connectivity index (χ0n) is 16.7. The van der Waals surface area contributed by atoms with Gasteiger partial charge in [0.25, 0.3) is 5.91 Å². The summed E-state index contributed by atoms with van der Waals surface area (Å²) in [6, 6.07) is 13.1. The fourth-order valence-electron chi connectivity index (χ4n) is 3.60. The molecule has 0 saturated carbocycles. The lowest BCUT2D eigenvalue weighted by atomic mass is 10.2. The van der Waals surface area contributed by atoms with E-state index in [1.807, 2.05) is 31.2 Å². The number of nitrogens with zero attached hydrogens (tertiary/aromatic N) is 3. The summed E-state index contributed by atoms with van der Waals surface area (Å²) < 4.78 is 14.1. The lowest BCUT2D eigenvalue weighted by Gasteiger charge is -2.26. The molecule has 1 atom stereocenters. The smallest absolute Gasteiger partial charge is 0.253 e. The highest BCUT2D eigenvalue weighted by atomic mass is 32.1. The standard InChI is InChI=1S/C22H23FN4O2S/c1-15(20(28)25-22-24-18-5-2-3-6-19(18)30-22)26-11-4-12-27(14-13-26)21(29)16-7-9-17(23)10-8-16/h2-3,5-10,15H,4,11-14H2,1H3,(H,24,25,28). The van der Waals surface area contributed by atoms with Crippen molar-refractivity contribution in [2.24, 2.45) is 0 Å². The zero-order chi connectivity index (χ0) is 21.1. The molecule has 156 valence electrons. The monoisotopic (exact) mass is 426 g/mol. The highest BCUT2D eigenvalue weighted by Gasteiger charge is 2.26. The van der Waals surface area contributed by atoms with Crippen LogP contribution in [0.25, 0.3) is 10.2 Å². The van der Waals surface area contributed by atoms with Crippen LogP contribution in [0.3, 0.4) is 0 Å². The van der Waals surface area contributed by atoms with E-state index in [1.165, 1.54) is 35.6 Å². The summed E-state index contributed by atoms with van der Waals surface area (Å²) in [6.45, 7) is 4.33. The van der Waals surface area contributed by atoms with Crippen molar-refractivity contribution in [3.8, 4) is 0 Å². The van der Waals surface area contributed by atoms with Crippen LogP contribution in [0.1, 0.15) is 23.7 Å². The van der Waals surface area contributed by atoms with Gasteiger partial charge in [-0.15, -0.1) is 0 Å². The maximum absolute atomic E-state index is 13.1. The Kier molecular flexibility index (Phi) is 6.06. The number of hydrogen-bond donors (Lipinski definition) is 1. The molecule has 8 heteroatoms. The number of carbonyl (C=O) groups is 2. The van der Waals surface area contributed by atoms with Crippen molar-refractivity contribution < 1.29 is 14.0 Å². The molecular formula is C22H23FN4O2S. The Balaban J connectivity index is 1.36. The molecule has 0 radical (unpaired) electrons. The van der Waals surface area contributed by atoms with Gasteiger partial charge in [-0.05, 0) is 49.7 Å². The number of thiazole rings is 1. The molecule has 1 fully saturated rings. The summed E-state index contributed by atoms with van der Waals surface area (Å²) in [5.41, 5.74) is 1.35. The molecule has 2 amide bonds. The van der Waals surface area contributed by atoms with Crippen molar-refractivity contribution in [1.29, 1.82) is 0 Å². The number of para-hydroxylation sites is 1. The van der Waals surface area contributed by atoms with Gasteiger partial charge in [0.15, 0.2) is 5.13 Å².